The van der Waals surface area contributed by atoms with Crippen LogP contribution in [0.1, 0.15) is 24.2 Å². The van der Waals surface area contributed by atoms with E-state index in [-0.39, 0.29) is 29.0 Å². The van der Waals surface area contributed by atoms with Gasteiger partial charge in [0.25, 0.3) is 5.91 Å². The Kier molecular flexibility index (Phi) is 4.63. The lowest BCUT2D eigenvalue weighted by Gasteiger charge is -2.26. The van der Waals surface area contributed by atoms with Crippen LogP contribution in [0.15, 0.2) is 18.2 Å². The van der Waals surface area contributed by atoms with E-state index in [1.807, 2.05) is 13.8 Å². The molecular formula is C12H16ClNO3. The van der Waals surface area contributed by atoms with Crippen molar-refractivity contribution >= 4 is 17.5 Å². The third-order valence-corrected chi connectivity index (χ3v) is 2.59. The van der Waals surface area contributed by atoms with E-state index in [2.05, 4.69) is 0 Å². The van der Waals surface area contributed by atoms with Gasteiger partial charge in [-0.15, -0.1) is 11.6 Å². The van der Waals surface area contributed by atoms with Crippen molar-refractivity contribution in [1.29, 1.82) is 0 Å². The number of carbonyl (C=O) groups is 1. The zero-order valence-corrected chi connectivity index (χ0v) is 10.6. The summed E-state index contributed by atoms with van der Waals surface area (Å²) in [7, 11) is 0. The number of aromatic hydroxyl groups is 2. The quantitative estimate of drug-likeness (QED) is 0.813. The average molecular weight is 258 g/mol. The summed E-state index contributed by atoms with van der Waals surface area (Å²) in [6.07, 6.45) is 0. The summed E-state index contributed by atoms with van der Waals surface area (Å²) in [6.45, 7) is 4.17. The summed E-state index contributed by atoms with van der Waals surface area (Å²) in [6, 6.07) is 3.91. The standard InChI is InChI=1S/C12H16ClNO3/c1-8(2)14(6-5-13)12(17)10-4-3-9(15)7-11(10)16/h3-4,7-8,15-16H,5-6H2,1-2H3. The Bertz CT molecular complexity index is 407. The highest BCUT2D eigenvalue weighted by Crippen LogP contribution is 2.24. The van der Waals surface area contributed by atoms with Gasteiger partial charge in [0.1, 0.15) is 11.5 Å². The Labute approximate surface area is 105 Å². The number of phenolic OH excluding ortho intramolecular Hbond substituents is 2. The van der Waals surface area contributed by atoms with Crippen LogP contribution in [0.4, 0.5) is 0 Å². The summed E-state index contributed by atoms with van der Waals surface area (Å²) in [5.41, 5.74) is 0.168. The second-order valence-corrected chi connectivity index (χ2v) is 4.36. The molecule has 0 aliphatic heterocycles. The van der Waals surface area contributed by atoms with Gasteiger partial charge in [-0.1, -0.05) is 0 Å². The minimum atomic E-state index is -0.293. The lowest BCUT2D eigenvalue weighted by molar-refractivity contribution is 0.0715. The number of phenols is 2. The molecule has 1 rings (SSSR count). The molecule has 94 valence electrons. The highest BCUT2D eigenvalue weighted by molar-refractivity contribution is 6.18. The number of nitrogens with zero attached hydrogens (tertiary/aromatic N) is 1. The minimum absolute atomic E-state index is 0.00514. The fraction of sp³-hybridized carbons (Fsp3) is 0.417. The highest BCUT2D eigenvalue weighted by atomic mass is 35.5. The molecule has 0 atom stereocenters. The number of rotatable bonds is 4. The van der Waals surface area contributed by atoms with Gasteiger partial charge in [0, 0.05) is 24.5 Å². The van der Waals surface area contributed by atoms with Gasteiger partial charge in [0.05, 0.1) is 5.56 Å². The van der Waals surface area contributed by atoms with Gasteiger partial charge in [-0.25, -0.2) is 0 Å². The third-order valence-electron chi connectivity index (χ3n) is 2.42. The van der Waals surface area contributed by atoms with Gasteiger partial charge in [-0.3, -0.25) is 4.79 Å². The number of hydrogen-bond donors (Lipinski definition) is 2. The Hall–Kier alpha value is -1.42. The van der Waals surface area contributed by atoms with Crippen LogP contribution in [-0.2, 0) is 0 Å². The molecule has 0 fully saturated rings. The van der Waals surface area contributed by atoms with Crippen molar-refractivity contribution in [2.75, 3.05) is 12.4 Å². The maximum Gasteiger partial charge on any atom is 0.257 e. The second-order valence-electron chi connectivity index (χ2n) is 3.98. The third kappa shape index (κ3) is 3.27. The van der Waals surface area contributed by atoms with Crippen molar-refractivity contribution in [3.63, 3.8) is 0 Å². The molecule has 1 aromatic carbocycles. The maximum atomic E-state index is 12.1. The van der Waals surface area contributed by atoms with Crippen LogP contribution in [-0.4, -0.2) is 39.5 Å². The molecule has 0 aliphatic rings. The van der Waals surface area contributed by atoms with E-state index in [1.165, 1.54) is 12.1 Å². The Morgan fingerprint density at radius 1 is 1.41 bits per heavy atom. The van der Waals surface area contributed by atoms with Gasteiger partial charge in [0.2, 0.25) is 0 Å². The molecule has 0 unspecified atom stereocenters. The van der Waals surface area contributed by atoms with Crippen LogP contribution < -0.4 is 0 Å². The monoisotopic (exact) mass is 257 g/mol. The molecule has 0 radical (unpaired) electrons. The summed E-state index contributed by atoms with van der Waals surface area (Å²) in [5.74, 6) is -0.260. The van der Waals surface area contributed by atoms with E-state index in [9.17, 15) is 9.90 Å². The van der Waals surface area contributed by atoms with E-state index in [4.69, 9.17) is 16.7 Å². The molecule has 0 aliphatic carbocycles. The first-order valence-corrected chi connectivity index (χ1v) is 5.89. The minimum Gasteiger partial charge on any atom is -0.508 e. The Morgan fingerprint density at radius 2 is 2.06 bits per heavy atom. The SMILES string of the molecule is CC(C)N(CCCl)C(=O)c1ccc(O)cc1O. The average Bonchev–Trinajstić information content (AvgIpc) is 2.24. The zero-order valence-electron chi connectivity index (χ0n) is 9.85. The van der Waals surface area contributed by atoms with Crippen molar-refractivity contribution < 1.29 is 15.0 Å². The van der Waals surface area contributed by atoms with Gasteiger partial charge in [0.15, 0.2) is 0 Å². The molecular weight excluding hydrogens is 242 g/mol. The van der Waals surface area contributed by atoms with E-state index < -0.39 is 0 Å². The van der Waals surface area contributed by atoms with Gasteiger partial charge < -0.3 is 15.1 Å². The molecule has 0 aromatic heterocycles. The molecule has 0 heterocycles. The van der Waals surface area contributed by atoms with Crippen LogP contribution in [0.2, 0.25) is 0 Å². The van der Waals surface area contributed by atoms with Crippen LogP contribution in [0.5, 0.6) is 11.5 Å². The largest absolute Gasteiger partial charge is 0.508 e. The van der Waals surface area contributed by atoms with Crippen LogP contribution in [0.25, 0.3) is 0 Å². The maximum absolute atomic E-state index is 12.1. The molecule has 0 saturated heterocycles. The summed E-state index contributed by atoms with van der Waals surface area (Å²) in [5, 5.41) is 18.8. The van der Waals surface area contributed by atoms with E-state index in [1.54, 1.807) is 4.90 Å². The van der Waals surface area contributed by atoms with E-state index in [0.29, 0.717) is 12.4 Å². The number of halogens is 1. The lowest BCUT2D eigenvalue weighted by Crippen LogP contribution is -2.38. The Balaban J connectivity index is 3.01. The van der Waals surface area contributed by atoms with E-state index >= 15 is 0 Å². The number of carbonyl (C=O) groups excluding carboxylic acids is 1. The molecule has 2 N–H and O–H groups in total. The van der Waals surface area contributed by atoms with E-state index in [0.717, 1.165) is 6.07 Å². The van der Waals surface area contributed by atoms with Gasteiger partial charge >= 0.3 is 0 Å². The summed E-state index contributed by atoms with van der Waals surface area (Å²) < 4.78 is 0. The highest BCUT2D eigenvalue weighted by Gasteiger charge is 2.20. The second kappa shape index (κ2) is 5.77. The summed E-state index contributed by atoms with van der Waals surface area (Å²) in [4.78, 5) is 13.7. The molecule has 0 bridgehead atoms. The zero-order chi connectivity index (χ0) is 13.0. The van der Waals surface area contributed by atoms with Crippen molar-refractivity contribution in [2.45, 2.75) is 19.9 Å². The van der Waals surface area contributed by atoms with Gasteiger partial charge in [-0.2, -0.15) is 0 Å². The fourth-order valence-electron chi connectivity index (χ4n) is 1.54. The summed E-state index contributed by atoms with van der Waals surface area (Å²) >= 11 is 5.64. The van der Waals surface area contributed by atoms with Crippen molar-refractivity contribution in [3.8, 4) is 11.5 Å². The smallest absolute Gasteiger partial charge is 0.257 e. The fourth-order valence-corrected chi connectivity index (χ4v) is 1.72. The first-order chi connectivity index (χ1) is 7.97. The van der Waals surface area contributed by atoms with Gasteiger partial charge in [-0.05, 0) is 26.0 Å². The first kappa shape index (κ1) is 13.6. The Morgan fingerprint density at radius 3 is 2.53 bits per heavy atom. The molecule has 5 heteroatoms. The number of alkyl halides is 1. The van der Waals surface area contributed by atoms with Crippen molar-refractivity contribution in [3.05, 3.63) is 23.8 Å². The molecule has 1 amide bonds. The van der Waals surface area contributed by atoms with Crippen LogP contribution >= 0.6 is 11.6 Å². The van der Waals surface area contributed by atoms with Crippen LogP contribution in [0, 0.1) is 0 Å². The molecule has 0 spiro atoms. The predicted molar refractivity (Wildman–Crippen MR) is 66.7 cm³/mol. The lowest BCUT2D eigenvalue weighted by atomic mass is 10.1. The first-order valence-electron chi connectivity index (χ1n) is 5.36. The molecule has 0 saturated carbocycles. The number of hydrogen-bond acceptors (Lipinski definition) is 3. The molecule has 17 heavy (non-hydrogen) atoms. The molecule has 4 nitrogen and oxygen atoms in total. The topological polar surface area (TPSA) is 60.8 Å². The normalized spacial score (nSPS) is 10.6. The van der Waals surface area contributed by atoms with Crippen molar-refractivity contribution in [2.24, 2.45) is 0 Å². The van der Waals surface area contributed by atoms with Crippen molar-refractivity contribution in [1.82, 2.24) is 4.90 Å². The van der Waals surface area contributed by atoms with Crippen LogP contribution in [0.3, 0.4) is 0 Å². The number of amides is 1. The predicted octanol–water partition coefficient (Wildman–Crippen LogP) is 2.19. The number of benzene rings is 1. The molecule has 1 aromatic rings.